The number of amides is 1. The molecule has 1 aliphatic heterocycles. The van der Waals surface area contributed by atoms with E-state index in [9.17, 15) is 4.79 Å². The first kappa shape index (κ1) is 24.1. The number of anilines is 1. The van der Waals surface area contributed by atoms with Crippen LogP contribution in [0.4, 0.5) is 5.69 Å². The second kappa shape index (κ2) is 14.0. The van der Waals surface area contributed by atoms with Gasteiger partial charge >= 0.3 is 0 Å². The Morgan fingerprint density at radius 1 is 1.33 bits per heavy atom. The maximum atomic E-state index is 12.2. The summed E-state index contributed by atoms with van der Waals surface area (Å²) in [6.45, 7) is 7.58. The van der Waals surface area contributed by atoms with Crippen molar-refractivity contribution in [2.45, 2.75) is 38.8 Å². The lowest BCUT2D eigenvalue weighted by atomic mass is 10.2. The van der Waals surface area contributed by atoms with E-state index < -0.39 is 0 Å². The van der Waals surface area contributed by atoms with E-state index >= 15 is 0 Å². The van der Waals surface area contributed by atoms with Crippen LogP contribution in [-0.4, -0.2) is 76.4 Å². The Hall–Kier alpha value is -2.16. The summed E-state index contributed by atoms with van der Waals surface area (Å²) in [5.41, 5.74) is 1.81. The minimum atomic E-state index is -0.330. The lowest BCUT2D eigenvalue weighted by Crippen LogP contribution is -2.41. The number of rotatable bonds is 12. The quantitative estimate of drug-likeness (QED) is 0.272. The van der Waals surface area contributed by atoms with Crippen LogP contribution in [0.25, 0.3) is 0 Å². The second-order valence-corrected chi connectivity index (χ2v) is 7.46. The van der Waals surface area contributed by atoms with Gasteiger partial charge in [-0.25, -0.2) is 4.99 Å². The van der Waals surface area contributed by atoms with Gasteiger partial charge in [-0.3, -0.25) is 4.79 Å². The first-order chi connectivity index (χ1) is 14.6. The van der Waals surface area contributed by atoms with E-state index in [1.807, 2.05) is 24.3 Å². The smallest absolute Gasteiger partial charge is 0.253 e. The number of hydrogen-bond donors (Lipinski definition) is 3. The molecular formula is C22H37N5O3. The van der Waals surface area contributed by atoms with E-state index in [1.54, 1.807) is 7.11 Å². The number of methoxy groups -OCH3 is 1. The molecule has 1 atom stereocenters. The fourth-order valence-electron chi connectivity index (χ4n) is 3.22. The van der Waals surface area contributed by atoms with Crippen molar-refractivity contribution >= 4 is 17.6 Å². The van der Waals surface area contributed by atoms with Crippen molar-refractivity contribution in [1.82, 2.24) is 15.5 Å². The molecule has 3 N–H and O–H groups in total. The number of carbonyl (C=O) groups is 1. The number of ether oxygens (including phenoxy) is 2. The van der Waals surface area contributed by atoms with E-state index in [1.165, 1.54) is 0 Å². The fraction of sp³-hybridized carbons (Fsp3) is 0.636. The van der Waals surface area contributed by atoms with Crippen molar-refractivity contribution in [3.05, 3.63) is 29.8 Å². The summed E-state index contributed by atoms with van der Waals surface area (Å²) < 4.78 is 10.5. The molecule has 1 saturated heterocycles. The molecule has 1 amide bonds. The highest BCUT2D eigenvalue weighted by molar-refractivity contribution is 5.94. The first-order valence-electron chi connectivity index (χ1n) is 10.8. The van der Waals surface area contributed by atoms with Crippen molar-refractivity contribution < 1.29 is 14.3 Å². The van der Waals surface area contributed by atoms with Crippen LogP contribution < -0.4 is 16.0 Å². The van der Waals surface area contributed by atoms with Crippen molar-refractivity contribution in [2.75, 3.05) is 58.9 Å². The predicted octanol–water partition coefficient (Wildman–Crippen LogP) is 1.83. The molecule has 0 spiro atoms. The Kier molecular flexibility index (Phi) is 11.2. The largest absolute Gasteiger partial charge is 0.385 e. The van der Waals surface area contributed by atoms with Crippen LogP contribution in [-0.2, 0) is 20.8 Å². The van der Waals surface area contributed by atoms with Crippen molar-refractivity contribution in [2.24, 2.45) is 4.99 Å². The number of aliphatic imine (C=N–C) groups is 1. The molecule has 1 unspecified atom stereocenters. The van der Waals surface area contributed by atoms with Gasteiger partial charge in [0.1, 0.15) is 6.10 Å². The molecule has 1 aromatic carbocycles. The van der Waals surface area contributed by atoms with E-state index in [0.29, 0.717) is 13.2 Å². The molecule has 1 aliphatic rings. The zero-order valence-corrected chi connectivity index (χ0v) is 18.6. The van der Waals surface area contributed by atoms with Gasteiger partial charge in [0.05, 0.1) is 6.54 Å². The summed E-state index contributed by atoms with van der Waals surface area (Å²) in [7, 11) is 3.84. The third-order valence-electron chi connectivity index (χ3n) is 4.85. The standard InChI is InChI=1S/C22H37N5O3/c1-4-23-22(24-11-13-27(2)12-7-14-29-3)25-17-18-8-5-9-19(16-18)26-21(28)20-10-6-15-30-20/h5,8-9,16,20H,4,6-7,10-15,17H2,1-3H3,(H,26,28)(H2,23,24,25). The average molecular weight is 420 g/mol. The molecule has 0 bridgehead atoms. The van der Waals surface area contributed by atoms with E-state index in [2.05, 4.69) is 39.8 Å². The molecule has 0 radical (unpaired) electrons. The normalized spacial score (nSPS) is 16.7. The third-order valence-corrected chi connectivity index (χ3v) is 4.85. The predicted molar refractivity (Wildman–Crippen MR) is 121 cm³/mol. The molecule has 1 heterocycles. The Morgan fingerprint density at radius 2 is 2.20 bits per heavy atom. The molecule has 8 nitrogen and oxygen atoms in total. The SMILES string of the molecule is CCNC(=NCc1cccc(NC(=O)C2CCCO2)c1)NCCN(C)CCCOC. The number of likely N-dealkylation sites (N-methyl/N-ethyl adjacent to an activating group) is 1. The molecule has 2 rings (SSSR count). The lowest BCUT2D eigenvalue weighted by molar-refractivity contribution is -0.124. The van der Waals surface area contributed by atoms with E-state index in [0.717, 1.165) is 69.3 Å². The molecule has 1 fully saturated rings. The highest BCUT2D eigenvalue weighted by atomic mass is 16.5. The highest BCUT2D eigenvalue weighted by Gasteiger charge is 2.23. The van der Waals surface area contributed by atoms with Crippen LogP contribution in [0.3, 0.4) is 0 Å². The summed E-state index contributed by atoms with van der Waals surface area (Å²) in [4.78, 5) is 19.2. The number of carbonyl (C=O) groups excluding carboxylic acids is 1. The summed E-state index contributed by atoms with van der Waals surface area (Å²) in [6, 6.07) is 7.80. The lowest BCUT2D eigenvalue weighted by Gasteiger charge is -2.18. The van der Waals surface area contributed by atoms with Gasteiger partial charge in [0.2, 0.25) is 0 Å². The Morgan fingerprint density at radius 3 is 2.93 bits per heavy atom. The van der Waals surface area contributed by atoms with Crippen LogP contribution in [0, 0.1) is 0 Å². The molecule has 0 aromatic heterocycles. The molecule has 0 aliphatic carbocycles. The van der Waals surface area contributed by atoms with Crippen LogP contribution in [0.1, 0.15) is 31.7 Å². The number of hydrogen-bond acceptors (Lipinski definition) is 5. The second-order valence-electron chi connectivity index (χ2n) is 7.46. The van der Waals surface area contributed by atoms with E-state index in [-0.39, 0.29) is 12.0 Å². The summed E-state index contributed by atoms with van der Waals surface area (Å²) in [5, 5.41) is 9.60. The van der Waals surface area contributed by atoms with Gasteiger partial charge in [-0.15, -0.1) is 0 Å². The zero-order chi connectivity index (χ0) is 21.6. The maximum absolute atomic E-state index is 12.2. The van der Waals surface area contributed by atoms with Gasteiger partial charge in [-0.2, -0.15) is 0 Å². The molecule has 168 valence electrons. The van der Waals surface area contributed by atoms with Gasteiger partial charge in [0, 0.05) is 52.2 Å². The minimum Gasteiger partial charge on any atom is -0.385 e. The van der Waals surface area contributed by atoms with Crippen LogP contribution >= 0.6 is 0 Å². The van der Waals surface area contributed by atoms with Crippen LogP contribution in [0.5, 0.6) is 0 Å². The van der Waals surface area contributed by atoms with Gasteiger partial charge < -0.3 is 30.3 Å². The molecule has 30 heavy (non-hydrogen) atoms. The van der Waals surface area contributed by atoms with Gasteiger partial charge in [0.25, 0.3) is 5.91 Å². The third kappa shape index (κ3) is 9.11. The number of guanidine groups is 1. The molecule has 0 saturated carbocycles. The highest BCUT2D eigenvalue weighted by Crippen LogP contribution is 2.16. The summed E-state index contributed by atoms with van der Waals surface area (Å²) in [5.74, 6) is 0.717. The number of nitrogens with zero attached hydrogens (tertiary/aromatic N) is 2. The zero-order valence-electron chi connectivity index (χ0n) is 18.6. The fourth-order valence-corrected chi connectivity index (χ4v) is 3.22. The molecule has 8 heteroatoms. The molecular weight excluding hydrogens is 382 g/mol. The summed E-state index contributed by atoms with van der Waals surface area (Å²) >= 11 is 0. The maximum Gasteiger partial charge on any atom is 0.253 e. The Bertz CT molecular complexity index is 662. The Balaban J connectivity index is 1.82. The average Bonchev–Trinajstić information content (AvgIpc) is 3.28. The van der Waals surface area contributed by atoms with Crippen LogP contribution in [0.15, 0.2) is 29.3 Å². The van der Waals surface area contributed by atoms with E-state index in [4.69, 9.17) is 9.47 Å². The topological polar surface area (TPSA) is 87.2 Å². The van der Waals surface area contributed by atoms with Crippen molar-refractivity contribution in [3.8, 4) is 0 Å². The monoisotopic (exact) mass is 419 g/mol. The Labute approximate surface area is 180 Å². The first-order valence-corrected chi connectivity index (χ1v) is 10.8. The van der Waals surface area contributed by atoms with Crippen molar-refractivity contribution in [1.29, 1.82) is 0 Å². The number of nitrogens with one attached hydrogen (secondary N) is 3. The van der Waals surface area contributed by atoms with Gasteiger partial charge in [0.15, 0.2) is 5.96 Å². The van der Waals surface area contributed by atoms with Crippen LogP contribution in [0.2, 0.25) is 0 Å². The summed E-state index contributed by atoms with van der Waals surface area (Å²) in [6.07, 6.45) is 2.43. The van der Waals surface area contributed by atoms with Crippen molar-refractivity contribution in [3.63, 3.8) is 0 Å². The van der Waals surface area contributed by atoms with Gasteiger partial charge in [-0.05, 0) is 50.9 Å². The molecule has 1 aromatic rings. The minimum absolute atomic E-state index is 0.0715. The number of benzene rings is 1. The van der Waals surface area contributed by atoms with Gasteiger partial charge in [-0.1, -0.05) is 12.1 Å².